The zero-order chi connectivity index (χ0) is 19.1. The third-order valence-electron chi connectivity index (χ3n) is 5.70. The second kappa shape index (κ2) is 6.94. The summed E-state index contributed by atoms with van der Waals surface area (Å²) in [5, 5.41) is 4.48. The quantitative estimate of drug-likeness (QED) is 0.829. The van der Waals surface area contributed by atoms with E-state index >= 15 is 0 Å². The van der Waals surface area contributed by atoms with Gasteiger partial charge in [0.25, 0.3) is 0 Å². The Labute approximate surface area is 157 Å². The van der Waals surface area contributed by atoms with Crippen molar-refractivity contribution in [3.63, 3.8) is 0 Å². The maximum absolute atomic E-state index is 13.9. The summed E-state index contributed by atoms with van der Waals surface area (Å²) in [5.41, 5.74) is 1.90. The summed E-state index contributed by atoms with van der Waals surface area (Å²) in [6.45, 7) is 4.75. The fourth-order valence-corrected chi connectivity index (χ4v) is 4.05. The third-order valence-corrected chi connectivity index (χ3v) is 5.70. The molecule has 6 nitrogen and oxygen atoms in total. The van der Waals surface area contributed by atoms with Gasteiger partial charge in [-0.1, -0.05) is 36.8 Å². The number of fused-ring (bicyclic) bond motifs is 1. The number of amides is 1. The van der Waals surface area contributed by atoms with Crippen LogP contribution in [0, 0.1) is 12.8 Å². The summed E-state index contributed by atoms with van der Waals surface area (Å²) in [6, 6.07) is 7.41. The van der Waals surface area contributed by atoms with Crippen molar-refractivity contribution in [2.24, 2.45) is 5.92 Å². The molecule has 3 atom stereocenters. The zero-order valence-electron chi connectivity index (χ0n) is 15.8. The average molecular weight is 372 g/mol. The largest absolute Gasteiger partial charge is 0.346 e. The highest BCUT2D eigenvalue weighted by Crippen LogP contribution is 2.28. The van der Waals surface area contributed by atoms with Crippen LogP contribution in [0.5, 0.6) is 0 Å². The van der Waals surface area contributed by atoms with E-state index in [-0.39, 0.29) is 24.1 Å². The van der Waals surface area contributed by atoms with Gasteiger partial charge in [0.15, 0.2) is 0 Å². The molecule has 2 aromatic rings. The number of hydrogen-bond donors (Lipinski definition) is 0. The third kappa shape index (κ3) is 3.31. The van der Waals surface area contributed by atoms with E-state index in [0.717, 1.165) is 17.5 Å². The van der Waals surface area contributed by atoms with Crippen LogP contribution in [-0.4, -0.2) is 44.4 Å². The Hall–Kier alpha value is -2.44. The molecule has 1 unspecified atom stereocenters. The summed E-state index contributed by atoms with van der Waals surface area (Å²) in [7, 11) is 0. The van der Waals surface area contributed by atoms with Crippen LogP contribution >= 0.6 is 0 Å². The zero-order valence-corrected chi connectivity index (χ0v) is 15.8. The Balaban J connectivity index is 1.61. The average Bonchev–Trinajstić information content (AvgIpc) is 3.16. The number of hydrogen-bond acceptors (Lipinski definition) is 3. The molecule has 0 saturated carbocycles. The number of alkyl halides is 1. The van der Waals surface area contributed by atoms with Gasteiger partial charge in [0.1, 0.15) is 18.0 Å². The van der Waals surface area contributed by atoms with E-state index < -0.39 is 12.2 Å². The lowest BCUT2D eigenvalue weighted by Crippen LogP contribution is -2.42. The molecule has 2 aliphatic rings. The van der Waals surface area contributed by atoms with Crippen molar-refractivity contribution < 1.29 is 9.18 Å². The Morgan fingerprint density at radius 3 is 2.67 bits per heavy atom. The number of benzene rings is 1. The van der Waals surface area contributed by atoms with Gasteiger partial charge < -0.3 is 4.90 Å². The van der Waals surface area contributed by atoms with Gasteiger partial charge >= 0.3 is 5.69 Å². The van der Waals surface area contributed by atoms with E-state index in [9.17, 15) is 14.0 Å². The van der Waals surface area contributed by atoms with E-state index in [0.29, 0.717) is 31.8 Å². The lowest BCUT2D eigenvalue weighted by atomic mass is 10.0. The van der Waals surface area contributed by atoms with Crippen molar-refractivity contribution >= 4 is 5.91 Å². The molecule has 0 radical (unpaired) electrons. The molecule has 3 heterocycles. The minimum Gasteiger partial charge on any atom is -0.338 e. The van der Waals surface area contributed by atoms with Gasteiger partial charge in [0.2, 0.25) is 5.91 Å². The van der Waals surface area contributed by atoms with Crippen LogP contribution in [0.1, 0.15) is 42.8 Å². The van der Waals surface area contributed by atoms with Crippen LogP contribution in [0.2, 0.25) is 0 Å². The number of aryl methyl sites for hydroxylation is 2. The van der Waals surface area contributed by atoms with Crippen LogP contribution in [0.3, 0.4) is 0 Å². The van der Waals surface area contributed by atoms with E-state index in [1.54, 1.807) is 4.90 Å². The highest BCUT2D eigenvalue weighted by Gasteiger charge is 2.38. The molecule has 0 spiro atoms. The fourth-order valence-electron chi connectivity index (χ4n) is 4.05. The van der Waals surface area contributed by atoms with Crippen molar-refractivity contribution in [3.8, 4) is 0 Å². The second-order valence-electron chi connectivity index (χ2n) is 7.86. The molecular weight excluding hydrogens is 347 g/mol. The van der Waals surface area contributed by atoms with Crippen LogP contribution in [0.25, 0.3) is 0 Å². The van der Waals surface area contributed by atoms with Crippen LogP contribution in [0.15, 0.2) is 29.1 Å². The topological polar surface area (TPSA) is 60.1 Å². The standard InChI is InChI=1S/C20H25FN4O2/c1-13-6-8-15(9-7-13)11-24-20(27)25-17(4-3-5-18(25)22-24)19(26)23-10-14(2)16(21)12-23/h6-9,14,16-17H,3-5,10-12H2,1-2H3/t14-,16+,17?/m0/s1. The van der Waals surface area contributed by atoms with E-state index in [1.807, 2.05) is 38.1 Å². The number of carbonyl (C=O) groups is 1. The maximum Gasteiger partial charge on any atom is 0.346 e. The predicted octanol–water partition coefficient (Wildman–Crippen LogP) is 2.10. The Morgan fingerprint density at radius 2 is 2.00 bits per heavy atom. The minimum absolute atomic E-state index is 0.123. The number of aromatic nitrogens is 3. The molecule has 1 aromatic carbocycles. The highest BCUT2D eigenvalue weighted by molar-refractivity contribution is 5.81. The molecule has 1 saturated heterocycles. The number of carbonyl (C=O) groups excluding carboxylic acids is 1. The van der Waals surface area contributed by atoms with Gasteiger partial charge in [-0.3, -0.25) is 9.36 Å². The van der Waals surface area contributed by atoms with Crippen LogP contribution in [-0.2, 0) is 17.8 Å². The van der Waals surface area contributed by atoms with E-state index in [2.05, 4.69) is 5.10 Å². The Morgan fingerprint density at radius 1 is 1.26 bits per heavy atom. The molecular formula is C20H25FN4O2. The summed E-state index contributed by atoms with van der Waals surface area (Å²) in [6.07, 6.45) is 1.10. The van der Waals surface area contributed by atoms with E-state index in [4.69, 9.17) is 0 Å². The monoisotopic (exact) mass is 372 g/mol. The first-order valence-electron chi connectivity index (χ1n) is 9.60. The van der Waals surface area contributed by atoms with Crippen molar-refractivity contribution in [2.75, 3.05) is 13.1 Å². The van der Waals surface area contributed by atoms with Gasteiger partial charge in [-0.05, 0) is 25.3 Å². The maximum atomic E-state index is 13.9. The first-order valence-corrected chi connectivity index (χ1v) is 9.60. The lowest BCUT2D eigenvalue weighted by molar-refractivity contribution is -0.134. The molecule has 144 valence electrons. The summed E-state index contributed by atoms with van der Waals surface area (Å²) >= 11 is 0. The Bertz CT molecular complexity index is 892. The van der Waals surface area contributed by atoms with Gasteiger partial charge in [-0.2, -0.15) is 5.10 Å². The first kappa shape index (κ1) is 17.9. The number of nitrogens with zero attached hydrogens (tertiary/aromatic N) is 4. The summed E-state index contributed by atoms with van der Waals surface area (Å²) < 4.78 is 16.8. The van der Waals surface area contributed by atoms with Crippen LogP contribution < -0.4 is 5.69 Å². The van der Waals surface area contributed by atoms with Crippen LogP contribution in [0.4, 0.5) is 4.39 Å². The number of likely N-dealkylation sites (tertiary alicyclic amines) is 1. The van der Waals surface area contributed by atoms with Gasteiger partial charge in [0.05, 0.1) is 13.1 Å². The van der Waals surface area contributed by atoms with E-state index in [1.165, 1.54) is 9.25 Å². The molecule has 1 aromatic heterocycles. The Kier molecular flexibility index (Phi) is 4.61. The molecule has 2 aliphatic heterocycles. The fraction of sp³-hybridized carbons (Fsp3) is 0.550. The minimum atomic E-state index is -0.988. The number of halogens is 1. The predicted molar refractivity (Wildman–Crippen MR) is 99.4 cm³/mol. The highest BCUT2D eigenvalue weighted by atomic mass is 19.1. The van der Waals surface area contributed by atoms with Crippen molar-refractivity contribution in [3.05, 3.63) is 51.7 Å². The SMILES string of the molecule is Cc1ccc(Cn2nc3n(c2=O)C(C(=O)N2C[C@@H](F)[C@@H](C)C2)CCC3)cc1. The molecule has 4 rings (SSSR count). The van der Waals surface area contributed by atoms with Gasteiger partial charge in [0, 0.05) is 18.9 Å². The first-order chi connectivity index (χ1) is 12.9. The smallest absolute Gasteiger partial charge is 0.338 e. The molecule has 1 amide bonds. The lowest BCUT2D eigenvalue weighted by Gasteiger charge is -2.27. The molecule has 0 N–H and O–H groups in total. The second-order valence-corrected chi connectivity index (χ2v) is 7.86. The van der Waals surface area contributed by atoms with Crippen molar-refractivity contribution in [1.82, 2.24) is 19.2 Å². The normalized spacial score (nSPS) is 24.9. The molecule has 0 aliphatic carbocycles. The van der Waals surface area contributed by atoms with Gasteiger partial charge in [-0.15, -0.1) is 0 Å². The summed E-state index contributed by atoms with van der Waals surface area (Å²) in [4.78, 5) is 27.5. The van der Waals surface area contributed by atoms with Crippen molar-refractivity contribution in [1.29, 1.82) is 0 Å². The summed E-state index contributed by atoms with van der Waals surface area (Å²) in [5.74, 6) is 0.346. The van der Waals surface area contributed by atoms with Crippen molar-refractivity contribution in [2.45, 2.75) is 51.9 Å². The molecule has 0 bridgehead atoms. The number of rotatable bonds is 3. The molecule has 27 heavy (non-hydrogen) atoms. The molecule has 7 heteroatoms. The molecule has 1 fully saturated rings. The van der Waals surface area contributed by atoms with Gasteiger partial charge in [-0.25, -0.2) is 13.9 Å².